The molecule has 0 spiro atoms. The first-order chi connectivity index (χ1) is 14.1. The van der Waals surface area contributed by atoms with Crippen molar-refractivity contribution in [2.75, 3.05) is 19.6 Å². The Bertz CT molecular complexity index is 695. The van der Waals surface area contributed by atoms with Crippen molar-refractivity contribution >= 4 is 17.9 Å². The standard InChI is InChI=1S/C23H37N3O4/c1-7-10-15-24-21(28)20(18-13-11-17(8-2)12-14-18)26(9-3)19(27)16-25-22(29)30-23(4,5)6/h11-14,20H,7-10,15-16H2,1-6H3,(H,24,28)(H,25,29). The lowest BCUT2D eigenvalue weighted by Gasteiger charge is -2.31. The molecule has 0 bridgehead atoms. The van der Waals surface area contributed by atoms with Crippen LogP contribution in [0.4, 0.5) is 4.79 Å². The van der Waals surface area contributed by atoms with Gasteiger partial charge in [0.25, 0.3) is 0 Å². The molecule has 30 heavy (non-hydrogen) atoms. The molecule has 1 aromatic carbocycles. The van der Waals surface area contributed by atoms with Crippen molar-refractivity contribution in [3.63, 3.8) is 0 Å². The highest BCUT2D eigenvalue weighted by molar-refractivity contribution is 5.90. The second-order valence-electron chi connectivity index (χ2n) is 8.18. The third kappa shape index (κ3) is 8.43. The average Bonchev–Trinajstić information content (AvgIpc) is 2.69. The van der Waals surface area contributed by atoms with Crippen LogP contribution in [0.15, 0.2) is 24.3 Å². The summed E-state index contributed by atoms with van der Waals surface area (Å²) in [7, 11) is 0. The van der Waals surface area contributed by atoms with Gasteiger partial charge in [-0.2, -0.15) is 0 Å². The third-order valence-corrected chi connectivity index (χ3v) is 4.54. The molecule has 1 aromatic rings. The van der Waals surface area contributed by atoms with Gasteiger partial charge in [-0.1, -0.05) is 44.5 Å². The molecule has 0 aliphatic heterocycles. The van der Waals surface area contributed by atoms with Gasteiger partial charge in [0.2, 0.25) is 11.8 Å². The Balaban J connectivity index is 3.00. The number of carbonyl (C=O) groups is 3. The molecule has 1 unspecified atom stereocenters. The van der Waals surface area contributed by atoms with E-state index < -0.39 is 17.7 Å². The zero-order valence-electron chi connectivity index (χ0n) is 19.2. The van der Waals surface area contributed by atoms with Crippen LogP contribution in [0.2, 0.25) is 0 Å². The second-order valence-corrected chi connectivity index (χ2v) is 8.18. The molecular weight excluding hydrogens is 382 g/mol. The zero-order valence-corrected chi connectivity index (χ0v) is 19.2. The van der Waals surface area contributed by atoms with Crippen LogP contribution in [0, 0.1) is 0 Å². The minimum absolute atomic E-state index is 0.222. The zero-order chi connectivity index (χ0) is 22.7. The Hall–Kier alpha value is -2.57. The van der Waals surface area contributed by atoms with Crippen molar-refractivity contribution in [2.45, 2.75) is 72.4 Å². The molecule has 0 aliphatic rings. The summed E-state index contributed by atoms with van der Waals surface area (Å²) in [6.07, 6.45) is 2.06. The number of hydrogen-bond acceptors (Lipinski definition) is 4. The molecule has 7 nitrogen and oxygen atoms in total. The van der Waals surface area contributed by atoms with E-state index in [1.165, 1.54) is 4.90 Å². The Kier molecular flexibility index (Phi) is 10.4. The number of benzene rings is 1. The fraction of sp³-hybridized carbons (Fsp3) is 0.609. The Morgan fingerprint density at radius 2 is 1.67 bits per heavy atom. The monoisotopic (exact) mass is 419 g/mol. The van der Waals surface area contributed by atoms with E-state index >= 15 is 0 Å². The lowest BCUT2D eigenvalue weighted by Crippen LogP contribution is -2.47. The van der Waals surface area contributed by atoms with Crippen LogP contribution in [0.1, 0.15) is 71.6 Å². The molecule has 0 saturated carbocycles. The van der Waals surface area contributed by atoms with Gasteiger partial charge in [-0.3, -0.25) is 9.59 Å². The molecule has 0 aromatic heterocycles. The van der Waals surface area contributed by atoms with Crippen LogP contribution in [-0.4, -0.2) is 48.0 Å². The first-order valence-corrected chi connectivity index (χ1v) is 10.8. The van der Waals surface area contributed by atoms with E-state index in [0.29, 0.717) is 13.1 Å². The average molecular weight is 420 g/mol. The summed E-state index contributed by atoms with van der Waals surface area (Å²) in [6, 6.07) is 6.96. The number of alkyl carbamates (subject to hydrolysis) is 1. The number of rotatable bonds is 10. The summed E-state index contributed by atoms with van der Waals surface area (Å²) in [6.45, 7) is 11.8. The number of hydrogen-bond donors (Lipinski definition) is 2. The van der Waals surface area contributed by atoms with E-state index in [9.17, 15) is 14.4 Å². The van der Waals surface area contributed by atoms with Gasteiger partial charge in [-0.05, 0) is 51.7 Å². The molecule has 0 saturated heterocycles. The molecule has 1 atom stereocenters. The van der Waals surface area contributed by atoms with Crippen LogP contribution in [0.3, 0.4) is 0 Å². The number of carbonyl (C=O) groups excluding carboxylic acids is 3. The number of nitrogens with zero attached hydrogens (tertiary/aromatic N) is 1. The molecular formula is C23H37N3O4. The lowest BCUT2D eigenvalue weighted by molar-refractivity contribution is -0.140. The van der Waals surface area contributed by atoms with E-state index in [1.807, 2.05) is 31.2 Å². The first-order valence-electron chi connectivity index (χ1n) is 10.8. The quantitative estimate of drug-likeness (QED) is 0.568. The van der Waals surface area contributed by atoms with Crippen molar-refractivity contribution in [1.29, 1.82) is 0 Å². The molecule has 2 N–H and O–H groups in total. The molecule has 0 radical (unpaired) electrons. The third-order valence-electron chi connectivity index (χ3n) is 4.54. The Morgan fingerprint density at radius 1 is 1.03 bits per heavy atom. The van der Waals surface area contributed by atoms with Crippen molar-refractivity contribution in [3.05, 3.63) is 35.4 Å². The van der Waals surface area contributed by atoms with E-state index in [2.05, 4.69) is 24.5 Å². The van der Waals surface area contributed by atoms with Crippen molar-refractivity contribution < 1.29 is 19.1 Å². The van der Waals surface area contributed by atoms with Gasteiger partial charge in [-0.15, -0.1) is 0 Å². The highest BCUT2D eigenvalue weighted by Gasteiger charge is 2.30. The Labute approximate surface area is 180 Å². The van der Waals surface area contributed by atoms with Gasteiger partial charge in [0, 0.05) is 13.1 Å². The Morgan fingerprint density at radius 3 is 2.17 bits per heavy atom. The van der Waals surface area contributed by atoms with Crippen LogP contribution in [0.25, 0.3) is 0 Å². The second kappa shape index (κ2) is 12.2. The SMILES string of the molecule is CCCCNC(=O)C(c1ccc(CC)cc1)N(CC)C(=O)CNC(=O)OC(C)(C)C. The molecule has 0 fully saturated rings. The van der Waals surface area contributed by atoms with Crippen LogP contribution in [0.5, 0.6) is 0 Å². The van der Waals surface area contributed by atoms with E-state index in [-0.39, 0.29) is 18.4 Å². The van der Waals surface area contributed by atoms with E-state index in [0.717, 1.165) is 30.4 Å². The highest BCUT2D eigenvalue weighted by Crippen LogP contribution is 2.22. The smallest absolute Gasteiger partial charge is 0.408 e. The topological polar surface area (TPSA) is 87.7 Å². The van der Waals surface area contributed by atoms with Gasteiger partial charge in [0.05, 0.1) is 0 Å². The van der Waals surface area contributed by atoms with E-state index in [1.54, 1.807) is 20.8 Å². The van der Waals surface area contributed by atoms with Gasteiger partial charge < -0.3 is 20.3 Å². The number of aryl methyl sites for hydroxylation is 1. The molecule has 168 valence electrons. The summed E-state index contributed by atoms with van der Waals surface area (Å²) in [5, 5.41) is 5.42. The maximum Gasteiger partial charge on any atom is 0.408 e. The van der Waals surface area contributed by atoms with Crippen LogP contribution in [-0.2, 0) is 20.7 Å². The number of ether oxygens (including phenoxy) is 1. The highest BCUT2D eigenvalue weighted by atomic mass is 16.6. The maximum atomic E-state index is 13.0. The minimum Gasteiger partial charge on any atom is -0.444 e. The summed E-state index contributed by atoms with van der Waals surface area (Å²) in [5.74, 6) is -0.571. The van der Waals surface area contributed by atoms with Crippen LogP contribution >= 0.6 is 0 Å². The number of nitrogens with one attached hydrogen (secondary N) is 2. The summed E-state index contributed by atoms with van der Waals surface area (Å²) in [5.41, 5.74) is 1.25. The van der Waals surface area contributed by atoms with Crippen molar-refractivity contribution in [1.82, 2.24) is 15.5 Å². The van der Waals surface area contributed by atoms with Crippen molar-refractivity contribution in [2.24, 2.45) is 0 Å². The molecule has 7 heteroatoms. The van der Waals surface area contributed by atoms with Gasteiger partial charge in [0.1, 0.15) is 18.2 Å². The predicted molar refractivity (Wildman–Crippen MR) is 118 cm³/mol. The maximum absolute atomic E-state index is 13.0. The van der Waals surface area contributed by atoms with Gasteiger partial charge in [-0.25, -0.2) is 4.79 Å². The largest absolute Gasteiger partial charge is 0.444 e. The number of likely N-dealkylation sites (N-methyl/N-ethyl adjacent to an activating group) is 1. The lowest BCUT2D eigenvalue weighted by atomic mass is 10.0. The minimum atomic E-state index is -0.759. The summed E-state index contributed by atoms with van der Waals surface area (Å²) in [4.78, 5) is 39.3. The van der Waals surface area contributed by atoms with Crippen LogP contribution < -0.4 is 10.6 Å². The first kappa shape index (κ1) is 25.5. The molecule has 0 aliphatic carbocycles. The molecule has 1 rings (SSSR count). The van der Waals surface area contributed by atoms with Crippen molar-refractivity contribution in [3.8, 4) is 0 Å². The summed E-state index contributed by atoms with van der Waals surface area (Å²) >= 11 is 0. The molecule has 3 amide bonds. The fourth-order valence-electron chi connectivity index (χ4n) is 2.96. The van der Waals surface area contributed by atoms with Gasteiger partial charge >= 0.3 is 6.09 Å². The van der Waals surface area contributed by atoms with Gasteiger partial charge in [0.15, 0.2) is 0 Å². The fourth-order valence-corrected chi connectivity index (χ4v) is 2.96. The predicted octanol–water partition coefficient (Wildman–Crippen LogP) is 3.58. The number of unbranched alkanes of at least 4 members (excludes halogenated alkanes) is 1. The summed E-state index contributed by atoms with van der Waals surface area (Å²) < 4.78 is 5.18. The number of amides is 3. The molecule has 0 heterocycles. The normalized spacial score (nSPS) is 12.1. The van der Waals surface area contributed by atoms with E-state index in [4.69, 9.17) is 4.74 Å².